The van der Waals surface area contributed by atoms with Crippen molar-refractivity contribution >= 4 is 23.4 Å². The second-order valence-corrected chi connectivity index (χ2v) is 8.69. The number of nitrogens with zero attached hydrogens (tertiary/aromatic N) is 3. The molecule has 162 valence electrons. The van der Waals surface area contributed by atoms with Crippen molar-refractivity contribution in [3.8, 4) is 17.1 Å². The molecule has 1 heterocycles. The molecule has 2 aromatic carbocycles. The minimum Gasteiger partial charge on any atom is -0.490 e. The highest BCUT2D eigenvalue weighted by Crippen LogP contribution is 2.27. The number of carbonyl (C=O) groups is 1. The molecule has 1 fully saturated rings. The van der Waals surface area contributed by atoms with Crippen LogP contribution in [0.5, 0.6) is 5.75 Å². The maximum Gasteiger partial charge on any atom is 0.234 e. The highest BCUT2D eigenvalue weighted by atomic mass is 32.2. The summed E-state index contributed by atoms with van der Waals surface area (Å²) in [7, 11) is 0. The van der Waals surface area contributed by atoms with Crippen LogP contribution in [0.4, 0.5) is 5.69 Å². The summed E-state index contributed by atoms with van der Waals surface area (Å²) in [6.45, 7) is 4.86. The summed E-state index contributed by atoms with van der Waals surface area (Å²) in [6, 6.07) is 15.7. The average molecular weight is 437 g/mol. The maximum absolute atomic E-state index is 12.5. The van der Waals surface area contributed by atoms with Crippen LogP contribution in [0.1, 0.15) is 38.2 Å². The van der Waals surface area contributed by atoms with Crippen LogP contribution in [0.25, 0.3) is 11.4 Å². The van der Waals surface area contributed by atoms with Gasteiger partial charge in [0.15, 0.2) is 11.0 Å². The number of aromatic nitrogens is 3. The first-order valence-corrected chi connectivity index (χ1v) is 11.8. The fourth-order valence-electron chi connectivity index (χ4n) is 3.85. The molecule has 0 aliphatic heterocycles. The molecule has 4 rings (SSSR count). The third-order valence-electron chi connectivity index (χ3n) is 5.49. The minimum absolute atomic E-state index is 0.0717. The van der Waals surface area contributed by atoms with Gasteiger partial charge in [0.1, 0.15) is 5.75 Å². The van der Waals surface area contributed by atoms with E-state index < -0.39 is 0 Å². The molecule has 0 radical (unpaired) electrons. The normalized spacial score (nSPS) is 14.0. The van der Waals surface area contributed by atoms with Gasteiger partial charge in [-0.25, -0.2) is 0 Å². The molecule has 1 aliphatic rings. The Labute approximate surface area is 187 Å². The molecule has 31 heavy (non-hydrogen) atoms. The first-order chi connectivity index (χ1) is 15.1. The summed E-state index contributed by atoms with van der Waals surface area (Å²) < 4.78 is 8.03. The van der Waals surface area contributed by atoms with Gasteiger partial charge in [0, 0.05) is 17.8 Å². The summed E-state index contributed by atoms with van der Waals surface area (Å²) >= 11 is 1.40. The number of carbonyl (C=O) groups excluding carboxylic acids is 1. The van der Waals surface area contributed by atoms with Gasteiger partial charge in [-0.3, -0.25) is 4.79 Å². The van der Waals surface area contributed by atoms with Crippen molar-refractivity contribution in [2.24, 2.45) is 0 Å². The van der Waals surface area contributed by atoms with Crippen molar-refractivity contribution in [3.63, 3.8) is 0 Å². The first-order valence-electron chi connectivity index (χ1n) is 10.8. The lowest BCUT2D eigenvalue weighted by Crippen LogP contribution is -2.15. The van der Waals surface area contributed by atoms with Crippen molar-refractivity contribution in [1.29, 1.82) is 0 Å². The van der Waals surface area contributed by atoms with Gasteiger partial charge in [0.25, 0.3) is 0 Å². The SMILES string of the molecule is CCn1c(SCC(=O)Nc2ccc(OC3CCCC3)cc2)nnc1-c1ccccc1C. The zero-order chi connectivity index (χ0) is 21.6. The third kappa shape index (κ3) is 5.28. The first kappa shape index (κ1) is 21.4. The van der Waals surface area contributed by atoms with Crippen LogP contribution in [-0.2, 0) is 11.3 Å². The summed E-state index contributed by atoms with van der Waals surface area (Å²) in [5.74, 6) is 1.89. The second-order valence-electron chi connectivity index (χ2n) is 7.75. The van der Waals surface area contributed by atoms with Crippen LogP contribution in [0.2, 0.25) is 0 Å². The number of benzene rings is 2. The van der Waals surface area contributed by atoms with E-state index in [0.29, 0.717) is 6.10 Å². The van der Waals surface area contributed by atoms with Crippen molar-refractivity contribution in [2.45, 2.75) is 57.3 Å². The number of aryl methyl sites for hydroxylation is 1. The van der Waals surface area contributed by atoms with Gasteiger partial charge in [-0.1, -0.05) is 36.0 Å². The number of ether oxygens (including phenoxy) is 1. The number of nitrogens with one attached hydrogen (secondary N) is 1. The molecule has 1 aromatic heterocycles. The van der Waals surface area contributed by atoms with Crippen molar-refractivity contribution in [2.75, 3.05) is 11.1 Å². The van der Waals surface area contributed by atoms with E-state index in [0.717, 1.165) is 52.9 Å². The highest BCUT2D eigenvalue weighted by Gasteiger charge is 2.17. The van der Waals surface area contributed by atoms with Crippen molar-refractivity contribution in [1.82, 2.24) is 14.8 Å². The molecule has 3 aromatic rings. The molecule has 1 aliphatic carbocycles. The average Bonchev–Trinajstić information content (AvgIpc) is 3.43. The number of rotatable bonds is 8. The van der Waals surface area contributed by atoms with Gasteiger partial charge in [0.2, 0.25) is 5.91 Å². The Morgan fingerprint density at radius 1 is 1.13 bits per heavy atom. The third-order valence-corrected chi connectivity index (χ3v) is 6.46. The quantitative estimate of drug-likeness (QED) is 0.484. The van der Waals surface area contributed by atoms with E-state index in [1.165, 1.54) is 24.6 Å². The predicted octanol–water partition coefficient (Wildman–Crippen LogP) is 5.33. The van der Waals surface area contributed by atoms with Crippen LogP contribution in [0.15, 0.2) is 53.7 Å². The number of thioether (sulfide) groups is 1. The van der Waals surface area contributed by atoms with E-state index in [9.17, 15) is 4.79 Å². The molecule has 1 amide bonds. The molecular formula is C24H28N4O2S. The zero-order valence-corrected chi connectivity index (χ0v) is 18.8. The van der Waals surface area contributed by atoms with Crippen molar-refractivity contribution in [3.05, 3.63) is 54.1 Å². The molecule has 0 bridgehead atoms. The Balaban J connectivity index is 1.34. The minimum atomic E-state index is -0.0717. The number of hydrogen-bond donors (Lipinski definition) is 1. The maximum atomic E-state index is 12.5. The Hall–Kier alpha value is -2.80. The van der Waals surface area contributed by atoms with E-state index in [4.69, 9.17) is 4.74 Å². The van der Waals surface area contributed by atoms with Crippen LogP contribution < -0.4 is 10.1 Å². The monoisotopic (exact) mass is 436 g/mol. The number of anilines is 1. The zero-order valence-electron chi connectivity index (χ0n) is 18.0. The van der Waals surface area contributed by atoms with E-state index in [-0.39, 0.29) is 11.7 Å². The summed E-state index contributed by atoms with van der Waals surface area (Å²) in [5, 5.41) is 12.4. The van der Waals surface area contributed by atoms with E-state index in [2.05, 4.69) is 40.0 Å². The van der Waals surface area contributed by atoms with Crippen molar-refractivity contribution < 1.29 is 9.53 Å². The Kier molecular flexibility index (Phi) is 6.92. The van der Waals surface area contributed by atoms with Gasteiger partial charge in [0.05, 0.1) is 11.9 Å². The molecule has 0 unspecified atom stereocenters. The van der Waals surface area contributed by atoms with Gasteiger partial charge < -0.3 is 14.6 Å². The summed E-state index contributed by atoms with van der Waals surface area (Å²) in [5.41, 5.74) is 2.98. The number of amides is 1. The van der Waals surface area contributed by atoms with Crippen LogP contribution in [0.3, 0.4) is 0 Å². The standard InChI is InChI=1S/C24H28N4O2S/c1-3-28-23(21-11-7-4-8-17(21)2)26-27-24(28)31-16-22(29)25-18-12-14-20(15-13-18)30-19-9-5-6-10-19/h4,7-8,11-15,19H,3,5-6,9-10,16H2,1-2H3,(H,25,29). The van der Waals surface area contributed by atoms with Gasteiger partial charge in [-0.15, -0.1) is 10.2 Å². The Morgan fingerprint density at radius 3 is 2.58 bits per heavy atom. The van der Waals surface area contributed by atoms with E-state index >= 15 is 0 Å². The van der Waals surface area contributed by atoms with E-state index in [1.807, 2.05) is 42.5 Å². The van der Waals surface area contributed by atoms with Crippen LogP contribution in [-0.4, -0.2) is 32.5 Å². The summed E-state index contributed by atoms with van der Waals surface area (Å²) in [4.78, 5) is 12.5. The van der Waals surface area contributed by atoms with Crippen LogP contribution >= 0.6 is 11.8 Å². The molecule has 7 heteroatoms. The van der Waals surface area contributed by atoms with Gasteiger partial charge in [-0.05, 0) is 69.4 Å². The molecular weight excluding hydrogens is 408 g/mol. The van der Waals surface area contributed by atoms with E-state index in [1.54, 1.807) is 0 Å². The predicted molar refractivity (Wildman–Crippen MR) is 125 cm³/mol. The van der Waals surface area contributed by atoms with Gasteiger partial charge in [-0.2, -0.15) is 0 Å². The fraction of sp³-hybridized carbons (Fsp3) is 0.375. The Bertz CT molecular complexity index is 1030. The number of hydrogen-bond acceptors (Lipinski definition) is 5. The molecule has 1 N–H and O–H groups in total. The Morgan fingerprint density at radius 2 is 1.87 bits per heavy atom. The van der Waals surface area contributed by atoms with Crippen LogP contribution in [0, 0.1) is 6.92 Å². The topological polar surface area (TPSA) is 69.0 Å². The molecule has 1 saturated carbocycles. The lowest BCUT2D eigenvalue weighted by molar-refractivity contribution is -0.113. The highest BCUT2D eigenvalue weighted by molar-refractivity contribution is 7.99. The second kappa shape index (κ2) is 10.0. The molecule has 6 nitrogen and oxygen atoms in total. The summed E-state index contributed by atoms with van der Waals surface area (Å²) in [6.07, 6.45) is 5.08. The largest absolute Gasteiger partial charge is 0.490 e. The molecule has 0 spiro atoms. The fourth-order valence-corrected chi connectivity index (χ4v) is 4.65. The molecule has 0 saturated heterocycles. The van der Waals surface area contributed by atoms with Gasteiger partial charge >= 0.3 is 0 Å². The molecule has 0 atom stereocenters. The lowest BCUT2D eigenvalue weighted by Gasteiger charge is -2.13. The smallest absolute Gasteiger partial charge is 0.234 e. The lowest BCUT2D eigenvalue weighted by atomic mass is 10.1.